The third kappa shape index (κ3) is 3.25. The number of hydrogen-bond donors (Lipinski definition) is 2. The summed E-state index contributed by atoms with van der Waals surface area (Å²) >= 11 is 0. The maximum Gasteiger partial charge on any atom is 0.261 e. The van der Waals surface area contributed by atoms with Gasteiger partial charge in [-0.15, -0.1) is 0 Å². The SMILES string of the molecule is O=C(NCc1ccc2c(c1)OCO2)C(O)(c1ccccc1)c1ccccc1. The normalized spacial score (nSPS) is 12.6. The second kappa shape index (κ2) is 7.13. The van der Waals surface area contributed by atoms with Crippen LogP contribution in [0.15, 0.2) is 78.9 Å². The van der Waals surface area contributed by atoms with Crippen molar-refractivity contribution in [3.05, 3.63) is 95.6 Å². The van der Waals surface area contributed by atoms with Gasteiger partial charge in [0.05, 0.1) is 0 Å². The molecular formula is C22H19NO4. The molecule has 27 heavy (non-hydrogen) atoms. The van der Waals surface area contributed by atoms with Gasteiger partial charge >= 0.3 is 0 Å². The lowest BCUT2D eigenvalue weighted by Gasteiger charge is -2.28. The van der Waals surface area contributed by atoms with E-state index < -0.39 is 11.5 Å². The number of nitrogens with one attached hydrogen (secondary N) is 1. The molecule has 0 spiro atoms. The van der Waals surface area contributed by atoms with Crippen molar-refractivity contribution in [1.82, 2.24) is 5.32 Å². The molecule has 0 atom stereocenters. The number of aliphatic hydroxyl groups is 1. The summed E-state index contributed by atoms with van der Waals surface area (Å²) < 4.78 is 10.7. The Morgan fingerprint density at radius 2 is 1.48 bits per heavy atom. The molecule has 1 aliphatic rings. The van der Waals surface area contributed by atoms with Crippen LogP contribution in [-0.2, 0) is 16.9 Å². The van der Waals surface area contributed by atoms with E-state index in [2.05, 4.69) is 5.32 Å². The molecular weight excluding hydrogens is 342 g/mol. The van der Waals surface area contributed by atoms with Gasteiger partial charge in [-0.05, 0) is 28.8 Å². The summed E-state index contributed by atoms with van der Waals surface area (Å²) in [6, 6.07) is 23.4. The van der Waals surface area contributed by atoms with Gasteiger partial charge in [0.2, 0.25) is 6.79 Å². The van der Waals surface area contributed by atoms with E-state index in [0.29, 0.717) is 22.6 Å². The fourth-order valence-electron chi connectivity index (χ4n) is 3.15. The number of rotatable bonds is 5. The summed E-state index contributed by atoms with van der Waals surface area (Å²) in [7, 11) is 0. The second-order valence-electron chi connectivity index (χ2n) is 6.31. The van der Waals surface area contributed by atoms with E-state index in [1.54, 1.807) is 48.5 Å². The Hall–Kier alpha value is -3.31. The quantitative estimate of drug-likeness (QED) is 0.733. The molecule has 1 aliphatic heterocycles. The van der Waals surface area contributed by atoms with Crippen LogP contribution in [0.2, 0.25) is 0 Å². The molecule has 0 saturated heterocycles. The molecule has 0 aliphatic carbocycles. The molecule has 5 heteroatoms. The minimum Gasteiger partial charge on any atom is -0.454 e. The Morgan fingerprint density at radius 3 is 2.11 bits per heavy atom. The molecule has 3 aromatic rings. The standard InChI is InChI=1S/C22H19NO4/c24-21(23-14-16-11-12-19-20(13-16)27-15-26-19)22(25,17-7-3-1-4-8-17)18-9-5-2-6-10-18/h1-13,25H,14-15H2,(H,23,24). The number of amides is 1. The highest BCUT2D eigenvalue weighted by atomic mass is 16.7. The average Bonchev–Trinajstić information content (AvgIpc) is 3.20. The van der Waals surface area contributed by atoms with Gasteiger partial charge in [0, 0.05) is 6.54 Å². The molecule has 136 valence electrons. The molecule has 4 rings (SSSR count). The van der Waals surface area contributed by atoms with Gasteiger partial charge in [0.1, 0.15) is 0 Å². The van der Waals surface area contributed by atoms with Crippen molar-refractivity contribution in [2.45, 2.75) is 12.1 Å². The van der Waals surface area contributed by atoms with E-state index >= 15 is 0 Å². The van der Waals surface area contributed by atoms with Crippen LogP contribution in [0, 0.1) is 0 Å². The van der Waals surface area contributed by atoms with Crippen molar-refractivity contribution in [2.75, 3.05) is 6.79 Å². The predicted molar refractivity (Wildman–Crippen MR) is 100 cm³/mol. The molecule has 1 amide bonds. The lowest BCUT2D eigenvalue weighted by molar-refractivity contribution is -0.136. The maximum absolute atomic E-state index is 13.1. The van der Waals surface area contributed by atoms with Crippen LogP contribution < -0.4 is 14.8 Å². The van der Waals surface area contributed by atoms with Crippen molar-refractivity contribution in [2.24, 2.45) is 0 Å². The summed E-state index contributed by atoms with van der Waals surface area (Å²) in [5.41, 5.74) is 0.105. The number of benzene rings is 3. The fourth-order valence-corrected chi connectivity index (χ4v) is 3.15. The van der Waals surface area contributed by atoms with E-state index in [9.17, 15) is 9.90 Å². The Balaban J connectivity index is 1.60. The van der Waals surface area contributed by atoms with Gasteiger partial charge in [-0.2, -0.15) is 0 Å². The van der Waals surface area contributed by atoms with Crippen molar-refractivity contribution in [1.29, 1.82) is 0 Å². The first-order valence-corrected chi connectivity index (χ1v) is 8.68. The number of hydrogen-bond acceptors (Lipinski definition) is 4. The smallest absolute Gasteiger partial charge is 0.261 e. The highest BCUT2D eigenvalue weighted by Crippen LogP contribution is 2.33. The van der Waals surface area contributed by atoms with Crippen LogP contribution in [0.1, 0.15) is 16.7 Å². The summed E-state index contributed by atoms with van der Waals surface area (Å²) in [6.07, 6.45) is 0. The van der Waals surface area contributed by atoms with Gasteiger partial charge in [-0.1, -0.05) is 66.7 Å². The summed E-state index contributed by atoms with van der Waals surface area (Å²) in [4.78, 5) is 13.1. The predicted octanol–water partition coefficient (Wildman–Crippen LogP) is 2.97. The van der Waals surface area contributed by atoms with Gasteiger partial charge in [0.25, 0.3) is 5.91 Å². The largest absolute Gasteiger partial charge is 0.454 e. The van der Waals surface area contributed by atoms with Crippen molar-refractivity contribution in [3.8, 4) is 11.5 Å². The van der Waals surface area contributed by atoms with Crippen molar-refractivity contribution >= 4 is 5.91 Å². The summed E-state index contributed by atoms with van der Waals surface area (Å²) in [5, 5.41) is 14.2. The maximum atomic E-state index is 13.1. The van der Waals surface area contributed by atoms with Crippen molar-refractivity contribution in [3.63, 3.8) is 0 Å². The molecule has 3 aromatic carbocycles. The van der Waals surface area contributed by atoms with Crippen LogP contribution in [0.3, 0.4) is 0 Å². The summed E-state index contributed by atoms with van der Waals surface area (Å²) in [6.45, 7) is 0.463. The van der Waals surface area contributed by atoms with Gasteiger partial charge < -0.3 is 19.9 Å². The second-order valence-corrected chi connectivity index (χ2v) is 6.31. The average molecular weight is 361 g/mol. The molecule has 0 aromatic heterocycles. The molecule has 1 heterocycles. The van der Waals surface area contributed by atoms with Crippen LogP contribution in [0.4, 0.5) is 0 Å². The van der Waals surface area contributed by atoms with Crippen LogP contribution >= 0.6 is 0 Å². The Morgan fingerprint density at radius 1 is 0.889 bits per heavy atom. The topological polar surface area (TPSA) is 67.8 Å². The first kappa shape index (κ1) is 17.1. The molecule has 2 N–H and O–H groups in total. The summed E-state index contributed by atoms with van der Waals surface area (Å²) in [5.74, 6) is 0.857. The van der Waals surface area contributed by atoms with Crippen LogP contribution in [0.25, 0.3) is 0 Å². The minimum absolute atomic E-state index is 0.201. The first-order chi connectivity index (χ1) is 13.2. The third-order valence-electron chi connectivity index (χ3n) is 4.60. The van der Waals surface area contributed by atoms with E-state index in [-0.39, 0.29) is 13.3 Å². The van der Waals surface area contributed by atoms with E-state index in [0.717, 1.165) is 5.56 Å². The zero-order valence-electron chi connectivity index (χ0n) is 14.6. The molecule has 0 saturated carbocycles. The molecule has 0 bridgehead atoms. The lowest BCUT2D eigenvalue weighted by Crippen LogP contribution is -2.45. The molecule has 0 unspecified atom stereocenters. The van der Waals surface area contributed by atoms with Crippen LogP contribution in [0.5, 0.6) is 11.5 Å². The Labute approximate surface area is 157 Å². The van der Waals surface area contributed by atoms with E-state index in [1.807, 2.05) is 30.3 Å². The zero-order valence-corrected chi connectivity index (χ0v) is 14.6. The molecule has 0 fully saturated rings. The number of carbonyl (C=O) groups is 1. The van der Waals surface area contributed by atoms with E-state index in [1.165, 1.54) is 0 Å². The number of carbonyl (C=O) groups excluding carboxylic acids is 1. The highest BCUT2D eigenvalue weighted by Gasteiger charge is 2.39. The number of ether oxygens (including phenoxy) is 2. The van der Waals surface area contributed by atoms with Crippen molar-refractivity contribution < 1.29 is 19.4 Å². The van der Waals surface area contributed by atoms with Gasteiger partial charge in [0.15, 0.2) is 17.1 Å². The Bertz CT molecular complexity index is 902. The van der Waals surface area contributed by atoms with E-state index in [4.69, 9.17) is 9.47 Å². The zero-order chi connectivity index (χ0) is 18.7. The number of fused-ring (bicyclic) bond motifs is 1. The van der Waals surface area contributed by atoms with Gasteiger partial charge in [-0.3, -0.25) is 4.79 Å². The van der Waals surface area contributed by atoms with Crippen LogP contribution in [-0.4, -0.2) is 17.8 Å². The Kier molecular flexibility index (Phi) is 4.52. The highest BCUT2D eigenvalue weighted by molar-refractivity contribution is 5.90. The third-order valence-corrected chi connectivity index (χ3v) is 4.60. The lowest BCUT2D eigenvalue weighted by atomic mass is 9.85. The minimum atomic E-state index is -1.78. The fraction of sp³-hybridized carbons (Fsp3) is 0.136. The molecule has 5 nitrogen and oxygen atoms in total. The molecule has 0 radical (unpaired) electrons. The van der Waals surface area contributed by atoms with Gasteiger partial charge in [-0.25, -0.2) is 0 Å². The monoisotopic (exact) mass is 361 g/mol. The first-order valence-electron chi connectivity index (χ1n) is 8.68.